The zero-order valence-corrected chi connectivity index (χ0v) is 15.2. The van der Waals surface area contributed by atoms with Crippen LogP contribution in [0.5, 0.6) is 5.75 Å². The van der Waals surface area contributed by atoms with Crippen LogP contribution in [0.25, 0.3) is 0 Å². The van der Waals surface area contributed by atoms with E-state index in [4.69, 9.17) is 4.74 Å². The third kappa shape index (κ3) is 4.58. The summed E-state index contributed by atoms with van der Waals surface area (Å²) < 4.78 is 5.61. The van der Waals surface area contributed by atoms with Crippen LogP contribution in [0.2, 0.25) is 5.21 Å². The Morgan fingerprint density at radius 1 is 1.25 bits per heavy atom. The normalized spacial score (nSPS) is 11.4. The number of hydrogen-bond donors (Lipinski definition) is 1. The molecular formula is C17H25AsO2. The van der Waals surface area contributed by atoms with Gasteiger partial charge < -0.3 is 0 Å². The molecule has 0 spiro atoms. The van der Waals surface area contributed by atoms with E-state index in [1.54, 1.807) is 16.9 Å². The van der Waals surface area contributed by atoms with E-state index in [9.17, 15) is 5.11 Å². The van der Waals surface area contributed by atoms with Gasteiger partial charge in [0.1, 0.15) is 0 Å². The molecule has 0 saturated carbocycles. The van der Waals surface area contributed by atoms with Crippen molar-refractivity contribution in [2.75, 3.05) is 6.61 Å². The summed E-state index contributed by atoms with van der Waals surface area (Å²) in [6, 6.07) is 7.74. The molecule has 0 aliphatic heterocycles. The van der Waals surface area contributed by atoms with Crippen molar-refractivity contribution in [3.63, 3.8) is 0 Å². The molecule has 1 aromatic carbocycles. The molecule has 3 heteroatoms. The topological polar surface area (TPSA) is 29.5 Å². The van der Waals surface area contributed by atoms with Crippen LogP contribution < -0.4 is 4.74 Å². The molecule has 1 atom stereocenters. The van der Waals surface area contributed by atoms with Crippen LogP contribution >= 0.6 is 0 Å². The van der Waals surface area contributed by atoms with Gasteiger partial charge in [-0.1, -0.05) is 0 Å². The van der Waals surface area contributed by atoms with E-state index in [1.165, 1.54) is 0 Å². The molecule has 0 aliphatic carbocycles. The van der Waals surface area contributed by atoms with Crippen molar-refractivity contribution < 1.29 is 9.84 Å². The van der Waals surface area contributed by atoms with E-state index in [2.05, 4.69) is 11.8 Å². The average Bonchev–Trinajstić information content (AvgIpc) is 2.42. The summed E-state index contributed by atoms with van der Waals surface area (Å²) >= 11 is 1.66. The van der Waals surface area contributed by atoms with Gasteiger partial charge in [0, 0.05) is 0 Å². The maximum absolute atomic E-state index is 10.6. The van der Waals surface area contributed by atoms with Gasteiger partial charge in [0.25, 0.3) is 0 Å². The van der Waals surface area contributed by atoms with E-state index in [1.807, 2.05) is 52.0 Å². The van der Waals surface area contributed by atoms with Crippen molar-refractivity contribution in [3.8, 4) is 17.6 Å². The molecule has 110 valence electrons. The van der Waals surface area contributed by atoms with Crippen molar-refractivity contribution in [1.29, 1.82) is 0 Å². The predicted octanol–water partition coefficient (Wildman–Crippen LogP) is 2.51. The predicted molar refractivity (Wildman–Crippen MR) is 86.8 cm³/mol. The summed E-state index contributed by atoms with van der Waals surface area (Å²) in [4.78, 5) is 0. The molecule has 0 aromatic heterocycles. The summed E-state index contributed by atoms with van der Waals surface area (Å²) in [7, 11) is 0. The van der Waals surface area contributed by atoms with Crippen molar-refractivity contribution >= 4 is 16.9 Å². The van der Waals surface area contributed by atoms with Crippen molar-refractivity contribution in [3.05, 3.63) is 29.8 Å². The third-order valence-electron chi connectivity index (χ3n) is 3.39. The number of ether oxygens (including phenoxy) is 1. The second-order valence-corrected chi connectivity index (χ2v) is 6.76. The Morgan fingerprint density at radius 2 is 1.90 bits per heavy atom. The van der Waals surface area contributed by atoms with Crippen molar-refractivity contribution in [2.45, 2.75) is 38.5 Å². The molecule has 1 rings (SSSR count). The van der Waals surface area contributed by atoms with E-state index in [-0.39, 0.29) is 11.8 Å². The molecule has 0 aliphatic rings. The van der Waals surface area contributed by atoms with Crippen LogP contribution in [0, 0.1) is 23.7 Å². The summed E-state index contributed by atoms with van der Waals surface area (Å²) in [6.45, 7) is 8.72. The van der Waals surface area contributed by atoms with Crippen LogP contribution in [-0.4, -0.2) is 34.2 Å². The second kappa shape index (κ2) is 7.77. The zero-order valence-electron chi connectivity index (χ0n) is 12.8. The Balaban J connectivity index is 2.95. The van der Waals surface area contributed by atoms with Crippen LogP contribution in [0.15, 0.2) is 24.3 Å². The van der Waals surface area contributed by atoms with Gasteiger partial charge in [-0.05, 0) is 0 Å². The van der Waals surface area contributed by atoms with Gasteiger partial charge >= 0.3 is 131 Å². The molecule has 0 saturated heterocycles. The molecule has 1 aromatic rings. The van der Waals surface area contributed by atoms with Crippen LogP contribution in [0.3, 0.4) is 0 Å². The molecular weight excluding hydrogens is 311 g/mol. The quantitative estimate of drug-likeness (QED) is 0.661. The Morgan fingerprint density at radius 3 is 2.45 bits per heavy atom. The molecule has 2 nitrogen and oxygen atoms in total. The number of benzene rings is 1. The van der Waals surface area contributed by atoms with Gasteiger partial charge in [0.2, 0.25) is 0 Å². The SMILES string of the molecule is CC(C)C(O)(C#Cc1cccc(OCC[AsH2])c1)C(C)C. The maximum atomic E-state index is 10.6. The Kier molecular flexibility index (Phi) is 6.66. The van der Waals surface area contributed by atoms with Gasteiger partial charge in [-0.15, -0.1) is 0 Å². The van der Waals surface area contributed by atoms with Crippen LogP contribution in [0.4, 0.5) is 0 Å². The van der Waals surface area contributed by atoms with E-state index in [0.717, 1.165) is 23.1 Å². The molecule has 0 radical (unpaired) electrons. The molecule has 0 bridgehead atoms. The fourth-order valence-corrected chi connectivity index (χ4v) is 2.22. The number of hydrogen-bond acceptors (Lipinski definition) is 2. The van der Waals surface area contributed by atoms with Gasteiger partial charge in [-0.3, -0.25) is 0 Å². The van der Waals surface area contributed by atoms with E-state index < -0.39 is 5.60 Å². The van der Waals surface area contributed by atoms with Gasteiger partial charge in [-0.25, -0.2) is 0 Å². The molecule has 1 N–H and O–H groups in total. The standard InChI is InChI=1S/C17H25AsO2/c1-13(2)17(19,14(3)4)9-8-15-6-5-7-16(12-15)20-11-10-18/h5-7,12-14,19H,10-11,18H2,1-4H3. The summed E-state index contributed by atoms with van der Waals surface area (Å²) in [5, 5.41) is 11.7. The first-order chi connectivity index (χ1) is 9.40. The van der Waals surface area contributed by atoms with Gasteiger partial charge in [0.15, 0.2) is 0 Å². The molecule has 0 fully saturated rings. The summed E-state index contributed by atoms with van der Waals surface area (Å²) in [6.07, 6.45) is 0. The van der Waals surface area contributed by atoms with Gasteiger partial charge in [-0.2, -0.15) is 0 Å². The first kappa shape index (κ1) is 17.2. The molecule has 1 unspecified atom stereocenters. The van der Waals surface area contributed by atoms with E-state index >= 15 is 0 Å². The summed E-state index contributed by atoms with van der Waals surface area (Å²) in [5.74, 6) is 7.16. The Hall–Kier alpha value is -0.902. The molecule has 0 amide bonds. The monoisotopic (exact) mass is 336 g/mol. The van der Waals surface area contributed by atoms with Crippen molar-refractivity contribution in [2.24, 2.45) is 11.8 Å². The average molecular weight is 336 g/mol. The van der Waals surface area contributed by atoms with E-state index in [0.29, 0.717) is 0 Å². The molecule has 0 heterocycles. The summed E-state index contributed by atoms with van der Waals surface area (Å²) in [5.41, 5.74) is -0.0770. The van der Waals surface area contributed by atoms with Crippen LogP contribution in [0.1, 0.15) is 33.3 Å². The number of rotatable bonds is 5. The second-order valence-electron chi connectivity index (χ2n) is 5.55. The first-order valence-corrected chi connectivity index (χ1v) is 8.80. The zero-order chi connectivity index (χ0) is 15.2. The number of aliphatic hydroxyl groups is 1. The third-order valence-corrected chi connectivity index (χ3v) is 3.88. The fourth-order valence-electron chi connectivity index (χ4n) is 1.97. The van der Waals surface area contributed by atoms with Crippen LogP contribution in [-0.2, 0) is 0 Å². The van der Waals surface area contributed by atoms with Gasteiger partial charge in [0.05, 0.1) is 0 Å². The fraction of sp³-hybridized carbons (Fsp3) is 0.529. The minimum atomic E-state index is -0.956. The Labute approximate surface area is 131 Å². The first-order valence-electron chi connectivity index (χ1n) is 7.08. The van der Waals surface area contributed by atoms with Crippen molar-refractivity contribution in [1.82, 2.24) is 0 Å². The Bertz CT molecular complexity index is 475. The molecule has 20 heavy (non-hydrogen) atoms. The minimum absolute atomic E-state index is 0.0942.